The molecule has 0 aromatic carbocycles. The van der Waals surface area contributed by atoms with E-state index < -0.39 is 31.0 Å². The van der Waals surface area contributed by atoms with Gasteiger partial charge in [0.15, 0.2) is 0 Å². The van der Waals surface area contributed by atoms with Gasteiger partial charge in [0.25, 0.3) is 0 Å². The van der Waals surface area contributed by atoms with E-state index in [4.69, 9.17) is 10.8 Å². The number of carboxylic acid groups (broad SMARTS) is 1. The minimum Gasteiger partial charge on any atom is -0.480 e. The molecule has 7 nitrogen and oxygen atoms in total. The number of likely N-dealkylation sites (N-methyl/N-ethyl adjacent to an activating group) is 1. The number of nitrogens with two attached hydrogens (primary N) is 1. The van der Waals surface area contributed by atoms with Crippen LogP contribution in [-0.4, -0.2) is 59.0 Å². The van der Waals surface area contributed by atoms with Crippen molar-refractivity contribution < 1.29 is 19.5 Å². The highest BCUT2D eigenvalue weighted by molar-refractivity contribution is 7.09. The molecule has 0 bridgehead atoms. The minimum absolute atomic E-state index is 0.125. The molecule has 0 aliphatic heterocycles. The van der Waals surface area contributed by atoms with Gasteiger partial charge in [-0.3, -0.25) is 9.59 Å². The fourth-order valence-electron chi connectivity index (χ4n) is 1.81. The van der Waals surface area contributed by atoms with Crippen molar-refractivity contribution in [2.75, 3.05) is 20.1 Å². The number of primary amides is 1. The molecule has 1 aromatic rings. The minimum atomic E-state index is -1.19. The first-order chi connectivity index (χ1) is 9.81. The molecule has 0 aliphatic carbocycles. The Morgan fingerprint density at radius 2 is 2.05 bits per heavy atom. The molecule has 0 fully saturated rings. The number of urea groups is 1. The maximum Gasteiger partial charge on any atom is 0.323 e. The lowest BCUT2D eigenvalue weighted by Crippen LogP contribution is -2.50. The Hall–Kier alpha value is -2.09. The number of carboxylic acids is 1. The Balaban J connectivity index is 2.71. The van der Waals surface area contributed by atoms with Crippen LogP contribution < -0.4 is 5.73 Å². The molecule has 116 valence electrons. The fourth-order valence-corrected chi connectivity index (χ4v) is 2.64. The van der Waals surface area contributed by atoms with Gasteiger partial charge >= 0.3 is 12.0 Å². The van der Waals surface area contributed by atoms with Crippen LogP contribution in [0.1, 0.15) is 11.8 Å². The third-order valence-electron chi connectivity index (χ3n) is 2.98. The fraction of sp³-hybridized carbons (Fsp3) is 0.462. The van der Waals surface area contributed by atoms with Gasteiger partial charge in [-0.25, -0.2) is 4.79 Å². The number of hydrogen-bond acceptors (Lipinski definition) is 4. The van der Waals surface area contributed by atoms with Crippen LogP contribution in [0.2, 0.25) is 0 Å². The number of rotatable bonds is 7. The molecule has 3 amide bonds. The third-order valence-corrected chi connectivity index (χ3v) is 3.88. The van der Waals surface area contributed by atoms with E-state index in [1.165, 1.54) is 4.90 Å². The first-order valence-electron chi connectivity index (χ1n) is 6.35. The maximum atomic E-state index is 12.3. The molecule has 1 aromatic heterocycles. The van der Waals surface area contributed by atoms with Crippen molar-refractivity contribution in [3.05, 3.63) is 22.4 Å². The van der Waals surface area contributed by atoms with Gasteiger partial charge in [0, 0.05) is 24.4 Å². The second-order valence-corrected chi connectivity index (χ2v) is 5.77. The molecule has 0 saturated carbocycles. The summed E-state index contributed by atoms with van der Waals surface area (Å²) in [5.74, 6) is -1.94. The lowest BCUT2D eigenvalue weighted by atomic mass is 10.2. The summed E-state index contributed by atoms with van der Waals surface area (Å²) in [5.41, 5.74) is 5.05. The second kappa shape index (κ2) is 7.63. The van der Waals surface area contributed by atoms with Gasteiger partial charge in [0.1, 0.15) is 13.1 Å². The normalized spacial score (nSPS) is 11.7. The Kier molecular flexibility index (Phi) is 6.16. The zero-order chi connectivity index (χ0) is 16.0. The number of amides is 3. The van der Waals surface area contributed by atoms with Crippen molar-refractivity contribution in [3.63, 3.8) is 0 Å². The van der Waals surface area contributed by atoms with E-state index in [0.29, 0.717) is 6.42 Å². The predicted molar refractivity (Wildman–Crippen MR) is 79.0 cm³/mol. The average Bonchev–Trinajstić information content (AvgIpc) is 2.87. The average molecular weight is 313 g/mol. The highest BCUT2D eigenvalue weighted by Crippen LogP contribution is 2.14. The predicted octanol–water partition coefficient (Wildman–Crippen LogP) is 0.603. The lowest BCUT2D eigenvalue weighted by Gasteiger charge is -2.30. The molecule has 0 spiro atoms. The number of thiophene rings is 1. The first-order valence-corrected chi connectivity index (χ1v) is 7.23. The zero-order valence-electron chi connectivity index (χ0n) is 12.0. The van der Waals surface area contributed by atoms with Gasteiger partial charge in [-0.2, -0.15) is 0 Å². The quantitative estimate of drug-likeness (QED) is 0.769. The maximum absolute atomic E-state index is 12.3. The first kappa shape index (κ1) is 17.0. The topological polar surface area (TPSA) is 104 Å². The molecule has 0 radical (unpaired) electrons. The van der Waals surface area contributed by atoms with Gasteiger partial charge in [0.05, 0.1) is 0 Å². The zero-order valence-corrected chi connectivity index (χ0v) is 12.8. The summed E-state index contributed by atoms with van der Waals surface area (Å²) in [6.07, 6.45) is 0.664. The van der Waals surface area contributed by atoms with E-state index in [2.05, 4.69) is 0 Å². The van der Waals surface area contributed by atoms with E-state index in [-0.39, 0.29) is 6.04 Å². The molecule has 21 heavy (non-hydrogen) atoms. The molecule has 1 heterocycles. The van der Waals surface area contributed by atoms with E-state index >= 15 is 0 Å². The standard InChI is InChI=1S/C13H19N3O4S/c1-9(6-10-4-3-5-21-10)15(2)13(20)16(7-11(14)17)8-12(18)19/h3-5,9H,6-8H2,1-2H3,(H2,14,17)(H,18,19). The Labute approximate surface area is 126 Å². The van der Waals surface area contributed by atoms with Gasteiger partial charge in [0.2, 0.25) is 5.91 Å². The Morgan fingerprint density at radius 1 is 1.38 bits per heavy atom. The van der Waals surface area contributed by atoms with Crippen LogP contribution in [0.25, 0.3) is 0 Å². The van der Waals surface area contributed by atoms with Crippen LogP contribution in [0, 0.1) is 0 Å². The van der Waals surface area contributed by atoms with Crippen LogP contribution in [-0.2, 0) is 16.0 Å². The van der Waals surface area contributed by atoms with Crippen LogP contribution in [0.5, 0.6) is 0 Å². The van der Waals surface area contributed by atoms with E-state index in [0.717, 1.165) is 9.78 Å². The Bertz CT molecular complexity index is 488. The Morgan fingerprint density at radius 3 is 2.52 bits per heavy atom. The number of carbonyl (C=O) groups is 3. The molecule has 0 aliphatic rings. The summed E-state index contributed by atoms with van der Waals surface area (Å²) in [6.45, 7) is 0.889. The van der Waals surface area contributed by atoms with E-state index in [9.17, 15) is 14.4 Å². The summed E-state index contributed by atoms with van der Waals surface area (Å²) in [4.78, 5) is 37.5. The number of aliphatic carboxylic acids is 1. The van der Waals surface area contributed by atoms with Crippen LogP contribution in [0.4, 0.5) is 4.79 Å². The monoisotopic (exact) mass is 313 g/mol. The molecule has 1 rings (SSSR count). The van der Waals surface area contributed by atoms with Gasteiger partial charge in [-0.05, 0) is 18.4 Å². The summed E-state index contributed by atoms with van der Waals surface area (Å²) in [5, 5.41) is 10.8. The molecule has 0 saturated heterocycles. The SMILES string of the molecule is CC(Cc1cccs1)N(C)C(=O)N(CC(N)=O)CC(=O)O. The van der Waals surface area contributed by atoms with Crippen molar-refractivity contribution in [2.45, 2.75) is 19.4 Å². The smallest absolute Gasteiger partial charge is 0.323 e. The molecule has 8 heteroatoms. The molecule has 1 unspecified atom stereocenters. The summed E-state index contributed by atoms with van der Waals surface area (Å²) in [7, 11) is 1.58. The highest BCUT2D eigenvalue weighted by atomic mass is 32.1. The van der Waals surface area contributed by atoms with Crippen molar-refractivity contribution in [1.29, 1.82) is 0 Å². The van der Waals surface area contributed by atoms with Gasteiger partial charge < -0.3 is 20.6 Å². The molecular weight excluding hydrogens is 294 g/mol. The largest absolute Gasteiger partial charge is 0.480 e. The number of carbonyl (C=O) groups excluding carboxylic acids is 2. The number of nitrogens with zero attached hydrogens (tertiary/aromatic N) is 2. The number of hydrogen-bond donors (Lipinski definition) is 2. The van der Waals surface area contributed by atoms with Crippen LogP contribution in [0.3, 0.4) is 0 Å². The highest BCUT2D eigenvalue weighted by Gasteiger charge is 2.25. The summed E-state index contributed by atoms with van der Waals surface area (Å²) >= 11 is 1.59. The van der Waals surface area contributed by atoms with Crippen molar-refractivity contribution in [2.24, 2.45) is 5.73 Å². The van der Waals surface area contributed by atoms with E-state index in [1.807, 2.05) is 24.4 Å². The molecule has 1 atom stereocenters. The summed E-state index contributed by atoms with van der Waals surface area (Å²) in [6, 6.07) is 3.25. The van der Waals surface area contributed by atoms with Crippen LogP contribution >= 0.6 is 11.3 Å². The van der Waals surface area contributed by atoms with Crippen molar-refractivity contribution >= 4 is 29.2 Å². The van der Waals surface area contributed by atoms with Gasteiger partial charge in [-0.1, -0.05) is 6.07 Å². The summed E-state index contributed by atoms with van der Waals surface area (Å²) < 4.78 is 0. The van der Waals surface area contributed by atoms with Crippen molar-refractivity contribution in [3.8, 4) is 0 Å². The van der Waals surface area contributed by atoms with Crippen molar-refractivity contribution in [1.82, 2.24) is 9.80 Å². The molecule has 3 N–H and O–H groups in total. The lowest BCUT2D eigenvalue weighted by molar-refractivity contribution is -0.138. The van der Waals surface area contributed by atoms with E-state index in [1.54, 1.807) is 18.4 Å². The van der Waals surface area contributed by atoms with Gasteiger partial charge in [-0.15, -0.1) is 11.3 Å². The third kappa shape index (κ3) is 5.42. The second-order valence-electron chi connectivity index (χ2n) is 4.74. The molecular formula is C13H19N3O4S. The van der Waals surface area contributed by atoms with Crippen LogP contribution in [0.15, 0.2) is 17.5 Å².